The van der Waals surface area contributed by atoms with E-state index in [0.29, 0.717) is 0 Å². The Kier molecular flexibility index (Phi) is 12.2. The topological polar surface area (TPSA) is 57.5 Å². The lowest BCUT2D eigenvalue weighted by Gasteiger charge is -2.10. The molecule has 1 aromatic carbocycles. The molecule has 0 bridgehead atoms. The van der Waals surface area contributed by atoms with E-state index in [1.54, 1.807) is 12.1 Å². The van der Waals surface area contributed by atoms with Crippen LogP contribution >= 0.6 is 7.60 Å². The molecule has 1 rings (SSSR count). The first-order chi connectivity index (χ1) is 12.1. The third kappa shape index (κ3) is 10.8. The van der Waals surface area contributed by atoms with Gasteiger partial charge < -0.3 is 9.79 Å². The molecule has 4 heteroatoms. The quantitative estimate of drug-likeness (QED) is 0.289. The molecule has 3 nitrogen and oxygen atoms in total. The predicted molar refractivity (Wildman–Crippen MR) is 108 cm³/mol. The summed E-state index contributed by atoms with van der Waals surface area (Å²) in [5, 5.41) is 0.203. The first-order valence-electron chi connectivity index (χ1n) is 10.2. The molecule has 0 aliphatic heterocycles. The summed E-state index contributed by atoms with van der Waals surface area (Å²) in [6.45, 7) is 2.26. The molecule has 0 atom stereocenters. The summed E-state index contributed by atoms with van der Waals surface area (Å²) < 4.78 is 11.5. The number of hydrogen-bond acceptors (Lipinski definition) is 1. The third-order valence-corrected chi connectivity index (χ3v) is 5.92. The molecule has 0 saturated heterocycles. The van der Waals surface area contributed by atoms with Gasteiger partial charge in [-0.2, -0.15) is 0 Å². The number of benzene rings is 1. The zero-order valence-corrected chi connectivity index (χ0v) is 16.9. The molecule has 0 unspecified atom stereocenters. The van der Waals surface area contributed by atoms with Crippen LogP contribution < -0.4 is 5.30 Å². The van der Waals surface area contributed by atoms with E-state index in [1.807, 2.05) is 12.1 Å². The highest BCUT2D eigenvalue weighted by atomic mass is 31.2. The summed E-state index contributed by atoms with van der Waals surface area (Å²) in [6.07, 6.45) is 17.8. The van der Waals surface area contributed by atoms with Crippen molar-refractivity contribution in [2.45, 2.75) is 96.8 Å². The highest BCUT2D eigenvalue weighted by molar-refractivity contribution is 7.60. The molecule has 144 valence electrons. The molecule has 25 heavy (non-hydrogen) atoms. The van der Waals surface area contributed by atoms with Gasteiger partial charge in [0.2, 0.25) is 0 Å². The van der Waals surface area contributed by atoms with E-state index in [9.17, 15) is 14.4 Å². The van der Waals surface area contributed by atoms with E-state index in [1.165, 1.54) is 70.6 Å². The second-order valence-electron chi connectivity index (χ2n) is 7.17. The monoisotopic (exact) mass is 368 g/mol. The standard InChI is InChI=1S/C21H37O3P/c1-2-3-4-5-6-7-8-9-10-11-12-13-14-17-20-18-15-16-19-21(20)25(22,23)24/h15-16,18-19H,2-14,17H2,1H3,(H2,22,23,24). The maximum atomic E-state index is 11.5. The van der Waals surface area contributed by atoms with Gasteiger partial charge in [-0.1, -0.05) is 102 Å². The van der Waals surface area contributed by atoms with Crippen LogP contribution in [0, 0.1) is 0 Å². The second kappa shape index (κ2) is 13.6. The van der Waals surface area contributed by atoms with Gasteiger partial charge in [-0.3, -0.25) is 4.57 Å². The second-order valence-corrected chi connectivity index (χ2v) is 8.74. The summed E-state index contributed by atoms with van der Waals surface area (Å²) in [5.74, 6) is 0. The van der Waals surface area contributed by atoms with Crippen molar-refractivity contribution < 1.29 is 14.4 Å². The summed E-state index contributed by atoms with van der Waals surface area (Å²) in [7, 11) is -4.14. The minimum atomic E-state index is -4.14. The van der Waals surface area contributed by atoms with Crippen molar-refractivity contribution in [1.82, 2.24) is 0 Å². The van der Waals surface area contributed by atoms with Crippen molar-refractivity contribution in [2.24, 2.45) is 0 Å². The van der Waals surface area contributed by atoms with E-state index in [0.717, 1.165) is 24.8 Å². The predicted octanol–water partition coefficient (Wildman–Crippen LogP) is 6.12. The summed E-state index contributed by atoms with van der Waals surface area (Å²) in [4.78, 5) is 18.8. The highest BCUT2D eigenvalue weighted by Gasteiger charge is 2.20. The lowest BCUT2D eigenvalue weighted by molar-refractivity contribution is 0.387. The first kappa shape index (κ1) is 22.4. The summed E-state index contributed by atoms with van der Waals surface area (Å²) in [5.41, 5.74) is 0.805. The molecule has 0 fully saturated rings. The van der Waals surface area contributed by atoms with E-state index < -0.39 is 7.60 Å². The maximum absolute atomic E-state index is 11.5. The largest absolute Gasteiger partial charge is 0.356 e. The Morgan fingerprint density at radius 3 is 1.64 bits per heavy atom. The van der Waals surface area contributed by atoms with E-state index in [4.69, 9.17) is 0 Å². The smallest absolute Gasteiger partial charge is 0.321 e. The van der Waals surface area contributed by atoms with Crippen LogP contribution in [0.5, 0.6) is 0 Å². The summed E-state index contributed by atoms with van der Waals surface area (Å²) >= 11 is 0. The minimum Gasteiger partial charge on any atom is -0.321 e. The van der Waals surface area contributed by atoms with Crippen LogP contribution in [0.15, 0.2) is 24.3 Å². The van der Waals surface area contributed by atoms with Gasteiger partial charge in [-0.05, 0) is 24.5 Å². The molecule has 0 aliphatic carbocycles. The number of hydrogen-bond donors (Lipinski definition) is 2. The van der Waals surface area contributed by atoms with Crippen LogP contribution in [-0.4, -0.2) is 9.79 Å². The lowest BCUT2D eigenvalue weighted by atomic mass is 10.0. The maximum Gasteiger partial charge on any atom is 0.356 e. The molecule has 0 radical (unpaired) electrons. The van der Waals surface area contributed by atoms with Gasteiger partial charge in [-0.15, -0.1) is 0 Å². The van der Waals surface area contributed by atoms with Crippen molar-refractivity contribution in [2.75, 3.05) is 0 Å². The SMILES string of the molecule is CCCCCCCCCCCCCCCc1ccccc1P(=O)(O)O. The van der Waals surface area contributed by atoms with Gasteiger partial charge in [0.1, 0.15) is 0 Å². The Morgan fingerprint density at radius 1 is 0.720 bits per heavy atom. The van der Waals surface area contributed by atoms with Crippen molar-refractivity contribution in [1.29, 1.82) is 0 Å². The van der Waals surface area contributed by atoms with Gasteiger partial charge in [0.15, 0.2) is 0 Å². The Hall–Kier alpha value is -0.630. The average Bonchev–Trinajstić information content (AvgIpc) is 2.58. The van der Waals surface area contributed by atoms with E-state index in [-0.39, 0.29) is 5.30 Å². The van der Waals surface area contributed by atoms with Crippen molar-refractivity contribution >= 4 is 12.9 Å². The van der Waals surface area contributed by atoms with Crippen LogP contribution in [0.3, 0.4) is 0 Å². The first-order valence-corrected chi connectivity index (χ1v) is 11.8. The lowest BCUT2D eigenvalue weighted by Crippen LogP contribution is -2.10. The minimum absolute atomic E-state index is 0.203. The molecule has 0 aliphatic rings. The molecular weight excluding hydrogens is 331 g/mol. The fourth-order valence-corrected chi connectivity index (χ4v) is 4.18. The Labute approximate surface area is 154 Å². The van der Waals surface area contributed by atoms with Gasteiger partial charge in [0.05, 0.1) is 5.30 Å². The fraction of sp³-hybridized carbons (Fsp3) is 0.714. The Bertz CT molecular complexity index is 496. The van der Waals surface area contributed by atoms with Gasteiger partial charge in [0, 0.05) is 0 Å². The third-order valence-electron chi connectivity index (χ3n) is 4.86. The van der Waals surface area contributed by atoms with Crippen LogP contribution in [0.1, 0.15) is 96.0 Å². The zero-order chi connectivity index (χ0) is 18.4. The van der Waals surface area contributed by atoms with Gasteiger partial charge in [0.25, 0.3) is 0 Å². The Morgan fingerprint density at radius 2 is 1.16 bits per heavy atom. The van der Waals surface area contributed by atoms with E-state index in [2.05, 4.69) is 6.92 Å². The molecule has 0 heterocycles. The molecule has 0 spiro atoms. The number of unbranched alkanes of at least 4 members (excludes halogenated alkanes) is 12. The van der Waals surface area contributed by atoms with Crippen LogP contribution in [0.4, 0.5) is 0 Å². The number of aryl methyl sites for hydroxylation is 1. The van der Waals surface area contributed by atoms with Crippen LogP contribution in [-0.2, 0) is 11.0 Å². The van der Waals surface area contributed by atoms with Crippen LogP contribution in [0.25, 0.3) is 0 Å². The fourth-order valence-electron chi connectivity index (χ4n) is 3.34. The molecule has 0 amide bonds. The molecule has 0 saturated carbocycles. The zero-order valence-electron chi connectivity index (χ0n) is 16.0. The molecule has 2 N–H and O–H groups in total. The van der Waals surface area contributed by atoms with Crippen LogP contribution in [0.2, 0.25) is 0 Å². The van der Waals surface area contributed by atoms with Gasteiger partial charge >= 0.3 is 7.60 Å². The van der Waals surface area contributed by atoms with Crippen molar-refractivity contribution in [3.8, 4) is 0 Å². The summed E-state index contributed by atoms with van der Waals surface area (Å²) in [6, 6.07) is 6.95. The number of rotatable bonds is 15. The van der Waals surface area contributed by atoms with Gasteiger partial charge in [-0.25, -0.2) is 0 Å². The molecule has 1 aromatic rings. The highest BCUT2D eigenvalue weighted by Crippen LogP contribution is 2.34. The van der Waals surface area contributed by atoms with E-state index >= 15 is 0 Å². The van der Waals surface area contributed by atoms with Crippen molar-refractivity contribution in [3.63, 3.8) is 0 Å². The Balaban J connectivity index is 2.00. The average molecular weight is 368 g/mol. The molecular formula is C21H37O3P. The normalized spacial score (nSPS) is 11.8. The molecule has 0 aromatic heterocycles. The van der Waals surface area contributed by atoms with Crippen molar-refractivity contribution in [3.05, 3.63) is 29.8 Å².